The van der Waals surface area contributed by atoms with Gasteiger partial charge in [0, 0.05) is 26.7 Å². The van der Waals surface area contributed by atoms with Crippen molar-refractivity contribution in [3.05, 3.63) is 0 Å². The van der Waals surface area contributed by atoms with Crippen LogP contribution >= 0.6 is 0 Å². The molecule has 8 nitrogen and oxygen atoms in total. The Morgan fingerprint density at radius 2 is 2.32 bits per heavy atom. The smallest absolute Gasteiger partial charge is 0.318 e. The van der Waals surface area contributed by atoms with E-state index in [0.29, 0.717) is 13.1 Å². The van der Waals surface area contributed by atoms with Crippen LogP contribution in [0.4, 0.5) is 4.79 Å². The van der Waals surface area contributed by atoms with Crippen molar-refractivity contribution < 1.29 is 24.2 Å². The van der Waals surface area contributed by atoms with Gasteiger partial charge in [-0.1, -0.05) is 0 Å². The number of ether oxygens (including phenoxy) is 1. The molecule has 1 heterocycles. The fourth-order valence-corrected chi connectivity index (χ4v) is 1.80. The molecule has 0 aliphatic carbocycles. The van der Waals surface area contributed by atoms with Crippen molar-refractivity contribution in [2.75, 3.05) is 26.7 Å². The molecule has 0 aromatic heterocycles. The summed E-state index contributed by atoms with van der Waals surface area (Å²) < 4.78 is 4.95. The van der Waals surface area contributed by atoms with Crippen molar-refractivity contribution in [3.63, 3.8) is 0 Å². The third-order valence-corrected chi connectivity index (χ3v) is 2.98. The van der Waals surface area contributed by atoms with Crippen LogP contribution < -0.4 is 10.6 Å². The van der Waals surface area contributed by atoms with Crippen LogP contribution in [-0.4, -0.2) is 66.8 Å². The second-order valence-corrected chi connectivity index (χ2v) is 4.30. The average Bonchev–Trinajstić information content (AvgIpc) is 2.37. The standard InChI is InChI=1S/C11H19N3O5/c1-7-10(17)12-3-4-14(7)11(18)13-6-8(19-2)5-9(15)16/h7-8H,3-6H2,1-2H3,(H,12,17)(H,13,18)(H,15,16). The van der Waals surface area contributed by atoms with Crippen molar-refractivity contribution in [2.24, 2.45) is 0 Å². The number of urea groups is 1. The van der Waals surface area contributed by atoms with Gasteiger partial charge in [-0.05, 0) is 6.92 Å². The maximum atomic E-state index is 11.9. The van der Waals surface area contributed by atoms with E-state index in [1.54, 1.807) is 6.92 Å². The zero-order valence-corrected chi connectivity index (χ0v) is 11.0. The molecule has 0 spiro atoms. The minimum Gasteiger partial charge on any atom is -0.481 e. The highest BCUT2D eigenvalue weighted by Gasteiger charge is 2.29. The molecule has 2 atom stereocenters. The highest BCUT2D eigenvalue weighted by molar-refractivity contribution is 5.87. The number of carbonyl (C=O) groups excluding carboxylic acids is 2. The van der Waals surface area contributed by atoms with Crippen molar-refractivity contribution >= 4 is 17.9 Å². The minimum atomic E-state index is -0.994. The first-order valence-electron chi connectivity index (χ1n) is 6.02. The Morgan fingerprint density at radius 1 is 1.63 bits per heavy atom. The summed E-state index contributed by atoms with van der Waals surface area (Å²) in [7, 11) is 1.39. The zero-order chi connectivity index (χ0) is 14.4. The summed E-state index contributed by atoms with van der Waals surface area (Å²) in [6.45, 7) is 2.57. The number of carboxylic acids is 1. The van der Waals surface area contributed by atoms with E-state index < -0.39 is 24.1 Å². The number of rotatable bonds is 5. The molecule has 1 saturated heterocycles. The predicted octanol–water partition coefficient (Wildman–Crippen LogP) is -0.994. The molecule has 0 bridgehead atoms. The average molecular weight is 273 g/mol. The summed E-state index contributed by atoms with van der Waals surface area (Å²) in [6.07, 6.45) is -0.775. The molecule has 0 aromatic carbocycles. The van der Waals surface area contributed by atoms with Gasteiger partial charge in [0.1, 0.15) is 6.04 Å². The van der Waals surface area contributed by atoms with Crippen LogP contribution in [0.2, 0.25) is 0 Å². The van der Waals surface area contributed by atoms with Gasteiger partial charge in [-0.2, -0.15) is 0 Å². The van der Waals surface area contributed by atoms with Gasteiger partial charge < -0.3 is 25.4 Å². The molecule has 3 amide bonds. The molecule has 0 radical (unpaired) electrons. The number of aliphatic carboxylic acids is 1. The van der Waals surface area contributed by atoms with Crippen molar-refractivity contribution in [3.8, 4) is 0 Å². The number of amides is 3. The van der Waals surface area contributed by atoms with Gasteiger partial charge in [0.15, 0.2) is 0 Å². The topological polar surface area (TPSA) is 108 Å². The molecule has 1 rings (SSSR count). The summed E-state index contributed by atoms with van der Waals surface area (Å²) in [5.74, 6) is -1.19. The normalized spacial score (nSPS) is 20.6. The minimum absolute atomic E-state index is 0.0898. The number of nitrogens with one attached hydrogen (secondary N) is 2. The fraction of sp³-hybridized carbons (Fsp3) is 0.727. The van der Waals surface area contributed by atoms with E-state index in [4.69, 9.17) is 9.84 Å². The van der Waals surface area contributed by atoms with Gasteiger partial charge in [-0.15, -0.1) is 0 Å². The number of carboxylic acid groups (broad SMARTS) is 1. The zero-order valence-electron chi connectivity index (χ0n) is 11.0. The maximum absolute atomic E-state index is 11.9. The van der Waals surface area contributed by atoms with E-state index in [1.165, 1.54) is 12.0 Å². The predicted molar refractivity (Wildman–Crippen MR) is 65.6 cm³/mol. The summed E-state index contributed by atoms with van der Waals surface area (Å²) in [6, 6.07) is -0.927. The van der Waals surface area contributed by atoms with E-state index in [-0.39, 0.29) is 18.9 Å². The quantitative estimate of drug-likeness (QED) is 0.596. The van der Waals surface area contributed by atoms with Gasteiger partial charge in [0.05, 0.1) is 12.5 Å². The number of hydrogen-bond donors (Lipinski definition) is 3. The van der Waals surface area contributed by atoms with Gasteiger partial charge in [-0.25, -0.2) is 4.79 Å². The van der Waals surface area contributed by atoms with E-state index >= 15 is 0 Å². The summed E-state index contributed by atoms with van der Waals surface area (Å²) in [4.78, 5) is 35.3. The van der Waals surface area contributed by atoms with E-state index in [1.807, 2.05) is 0 Å². The van der Waals surface area contributed by atoms with Crippen molar-refractivity contribution in [2.45, 2.75) is 25.5 Å². The third-order valence-electron chi connectivity index (χ3n) is 2.98. The lowest BCUT2D eigenvalue weighted by molar-refractivity contribution is -0.139. The molecular formula is C11H19N3O5. The number of methoxy groups -OCH3 is 1. The first-order chi connectivity index (χ1) is 8.95. The van der Waals surface area contributed by atoms with Crippen LogP contribution in [0, 0.1) is 0 Å². The molecular weight excluding hydrogens is 254 g/mol. The van der Waals surface area contributed by atoms with E-state index in [0.717, 1.165) is 0 Å². The molecule has 1 aliphatic rings. The highest BCUT2D eigenvalue weighted by atomic mass is 16.5. The van der Waals surface area contributed by atoms with Gasteiger partial charge in [0.25, 0.3) is 0 Å². The molecule has 2 unspecified atom stereocenters. The van der Waals surface area contributed by atoms with Crippen LogP contribution in [-0.2, 0) is 14.3 Å². The van der Waals surface area contributed by atoms with Crippen LogP contribution in [0.15, 0.2) is 0 Å². The Hall–Kier alpha value is -1.83. The molecule has 0 saturated carbocycles. The maximum Gasteiger partial charge on any atom is 0.318 e. The van der Waals surface area contributed by atoms with Crippen LogP contribution in [0.3, 0.4) is 0 Å². The Morgan fingerprint density at radius 3 is 2.89 bits per heavy atom. The van der Waals surface area contributed by atoms with E-state index in [2.05, 4.69) is 10.6 Å². The Bertz CT molecular complexity index is 360. The first kappa shape index (κ1) is 15.2. The Balaban J connectivity index is 2.45. The number of piperazine rings is 1. The molecule has 1 fully saturated rings. The lowest BCUT2D eigenvalue weighted by Gasteiger charge is -2.33. The molecule has 19 heavy (non-hydrogen) atoms. The fourth-order valence-electron chi connectivity index (χ4n) is 1.80. The SMILES string of the molecule is COC(CNC(=O)N1CCNC(=O)C1C)CC(=O)O. The van der Waals surface area contributed by atoms with Gasteiger partial charge >= 0.3 is 12.0 Å². The number of nitrogens with zero attached hydrogens (tertiary/aromatic N) is 1. The molecule has 1 aliphatic heterocycles. The molecule has 0 aromatic rings. The molecule has 108 valence electrons. The monoisotopic (exact) mass is 273 g/mol. The van der Waals surface area contributed by atoms with E-state index in [9.17, 15) is 14.4 Å². The second kappa shape index (κ2) is 6.93. The second-order valence-electron chi connectivity index (χ2n) is 4.30. The van der Waals surface area contributed by atoms with Gasteiger partial charge in [0.2, 0.25) is 5.91 Å². The summed E-state index contributed by atoms with van der Waals surface area (Å²) in [5.41, 5.74) is 0. The molecule has 3 N–H and O–H groups in total. The Kier molecular flexibility index (Phi) is 5.56. The Labute approximate surface area is 111 Å². The van der Waals surface area contributed by atoms with Crippen LogP contribution in [0.1, 0.15) is 13.3 Å². The lowest BCUT2D eigenvalue weighted by Crippen LogP contribution is -2.58. The lowest BCUT2D eigenvalue weighted by atomic mass is 10.2. The van der Waals surface area contributed by atoms with Crippen LogP contribution in [0.5, 0.6) is 0 Å². The first-order valence-corrected chi connectivity index (χ1v) is 6.02. The largest absolute Gasteiger partial charge is 0.481 e. The summed E-state index contributed by atoms with van der Waals surface area (Å²) in [5, 5.41) is 13.9. The number of hydrogen-bond acceptors (Lipinski definition) is 4. The molecule has 8 heteroatoms. The van der Waals surface area contributed by atoms with Crippen molar-refractivity contribution in [1.29, 1.82) is 0 Å². The van der Waals surface area contributed by atoms with Crippen molar-refractivity contribution in [1.82, 2.24) is 15.5 Å². The highest BCUT2D eigenvalue weighted by Crippen LogP contribution is 2.04. The number of carbonyl (C=O) groups is 3. The van der Waals surface area contributed by atoms with Gasteiger partial charge in [-0.3, -0.25) is 9.59 Å². The third kappa shape index (κ3) is 4.40. The summed E-state index contributed by atoms with van der Waals surface area (Å²) >= 11 is 0. The van der Waals surface area contributed by atoms with Crippen LogP contribution in [0.25, 0.3) is 0 Å².